The van der Waals surface area contributed by atoms with Gasteiger partial charge in [-0.15, -0.1) is 0 Å². The summed E-state index contributed by atoms with van der Waals surface area (Å²) < 4.78 is 23.4. The second-order valence-electron chi connectivity index (χ2n) is 9.69. The fraction of sp³-hybridized carbons (Fsp3) is 0.531. The van der Waals surface area contributed by atoms with E-state index in [1.54, 1.807) is 37.7 Å². The molecule has 2 aliphatic rings. The monoisotopic (exact) mass is 616 g/mol. The van der Waals surface area contributed by atoms with Crippen molar-refractivity contribution in [3.8, 4) is 5.75 Å². The van der Waals surface area contributed by atoms with Gasteiger partial charge >= 0.3 is 5.97 Å². The molecule has 9 nitrogen and oxygen atoms in total. The molecule has 4 rings (SSSR count). The summed E-state index contributed by atoms with van der Waals surface area (Å²) in [7, 11) is 2.03. The highest BCUT2D eigenvalue weighted by molar-refractivity contribution is 7.18. The van der Waals surface area contributed by atoms with Crippen molar-refractivity contribution in [3.05, 3.63) is 59.3 Å². The van der Waals surface area contributed by atoms with E-state index >= 15 is 0 Å². The number of hydrogen-bond acceptors (Lipinski definition) is 9. The van der Waals surface area contributed by atoms with Crippen LogP contribution in [0.3, 0.4) is 0 Å². The molecule has 0 spiro atoms. The molecular formula is C32H50FN6O3P. The van der Waals surface area contributed by atoms with Crippen LogP contribution in [0.1, 0.15) is 91.1 Å². The first kappa shape index (κ1) is 37.8. The van der Waals surface area contributed by atoms with Crippen LogP contribution < -0.4 is 15.4 Å². The SMILES string of the molecule is C1CCNCC1.CC.CCC(=N/C=C(\C)C1=NCc2ccc(OC(C)(F)P)cc2N1)c1cnc(C)nc1.CCOC(C)=O. The summed E-state index contributed by atoms with van der Waals surface area (Å²) in [5, 5.41) is 6.58. The maximum Gasteiger partial charge on any atom is 0.302 e. The molecule has 0 amide bonds. The molecule has 2 N–H and O–H groups in total. The Morgan fingerprint density at radius 1 is 1.14 bits per heavy atom. The van der Waals surface area contributed by atoms with E-state index in [-0.39, 0.29) is 5.97 Å². The zero-order valence-electron chi connectivity index (χ0n) is 27.1. The Hall–Kier alpha value is -3.23. The van der Waals surface area contributed by atoms with E-state index in [1.807, 2.05) is 49.9 Å². The topological polar surface area (TPSA) is 110 Å². The van der Waals surface area contributed by atoms with Gasteiger partial charge in [-0.25, -0.2) is 9.97 Å². The number of carbonyl (C=O) groups excluding carboxylic acids is 1. The van der Waals surface area contributed by atoms with E-state index in [2.05, 4.69) is 35.3 Å². The zero-order chi connectivity index (χ0) is 32.3. The van der Waals surface area contributed by atoms with Gasteiger partial charge in [0, 0.05) is 55.3 Å². The van der Waals surface area contributed by atoms with Crippen LogP contribution in [0.5, 0.6) is 5.75 Å². The summed E-state index contributed by atoms with van der Waals surface area (Å²) in [6, 6.07) is 5.41. The molecule has 1 fully saturated rings. The first-order chi connectivity index (χ1) is 20.5. The number of benzene rings is 1. The predicted molar refractivity (Wildman–Crippen MR) is 179 cm³/mol. The molecule has 1 saturated heterocycles. The highest BCUT2D eigenvalue weighted by Gasteiger charge is 2.19. The number of nitrogens with one attached hydrogen (secondary N) is 2. The van der Waals surface area contributed by atoms with Crippen molar-refractivity contribution in [2.75, 3.05) is 25.0 Å². The Balaban J connectivity index is 0.000000545. The Bertz CT molecular complexity index is 1200. The number of esters is 1. The molecule has 2 atom stereocenters. The summed E-state index contributed by atoms with van der Waals surface area (Å²) in [6.07, 6.45) is 10.3. The zero-order valence-corrected chi connectivity index (χ0v) is 28.2. The predicted octanol–water partition coefficient (Wildman–Crippen LogP) is 7.16. The number of carbonyl (C=O) groups is 1. The van der Waals surface area contributed by atoms with E-state index in [9.17, 15) is 9.18 Å². The quantitative estimate of drug-likeness (QED) is 0.193. The fourth-order valence-electron chi connectivity index (χ4n) is 3.81. The molecule has 0 saturated carbocycles. The van der Waals surface area contributed by atoms with Gasteiger partial charge in [0.05, 0.1) is 18.9 Å². The van der Waals surface area contributed by atoms with Crippen LogP contribution >= 0.6 is 9.24 Å². The Kier molecular flexibility index (Phi) is 18.1. The number of aromatic nitrogens is 2. The van der Waals surface area contributed by atoms with Gasteiger partial charge in [0.1, 0.15) is 17.4 Å². The van der Waals surface area contributed by atoms with Crippen LogP contribution in [0.2, 0.25) is 0 Å². The molecule has 3 heterocycles. The lowest BCUT2D eigenvalue weighted by molar-refractivity contribution is -0.140. The summed E-state index contributed by atoms with van der Waals surface area (Å²) >= 11 is 0. The van der Waals surface area contributed by atoms with Gasteiger partial charge in [0.25, 0.3) is 5.60 Å². The van der Waals surface area contributed by atoms with Crippen LogP contribution in [-0.4, -0.2) is 52.8 Å². The number of aryl methyl sites for hydroxylation is 1. The Morgan fingerprint density at radius 3 is 2.26 bits per heavy atom. The van der Waals surface area contributed by atoms with Crippen molar-refractivity contribution in [1.29, 1.82) is 0 Å². The van der Waals surface area contributed by atoms with E-state index < -0.39 is 5.60 Å². The number of piperidine rings is 1. The standard InChI is InChI=1S/C21H25FN5OP.C5H11N.C4H8O2.C2H6/c1-5-18(16-11-23-14(3)24-12-16)25-9-13(2)20-26-10-15-6-7-17(8-19(15)27-20)28-21(4,22)29;1-2-4-6-5-3-1;1-3-6-4(2)5;1-2/h6-9,11-12H,5,10,29H2,1-4H3,(H,26,27);6H,1-5H2;3H2,1-2H3;1-2H3/b13-9+,25-18?;;;. The van der Waals surface area contributed by atoms with Gasteiger partial charge in [-0.2, -0.15) is 4.39 Å². The lowest BCUT2D eigenvalue weighted by Gasteiger charge is -2.22. The molecule has 1 aromatic heterocycles. The van der Waals surface area contributed by atoms with E-state index in [1.165, 1.54) is 46.2 Å². The van der Waals surface area contributed by atoms with Crippen molar-refractivity contribution in [1.82, 2.24) is 15.3 Å². The minimum atomic E-state index is -1.82. The van der Waals surface area contributed by atoms with Crippen molar-refractivity contribution < 1.29 is 18.7 Å². The number of rotatable bonds is 7. The normalized spacial score (nSPS) is 15.6. The minimum Gasteiger partial charge on any atom is -0.466 e. The second kappa shape index (κ2) is 20.6. The highest BCUT2D eigenvalue weighted by atomic mass is 31.0. The number of ether oxygens (including phenoxy) is 2. The summed E-state index contributed by atoms with van der Waals surface area (Å²) in [4.78, 5) is 27.5. The van der Waals surface area contributed by atoms with E-state index in [4.69, 9.17) is 4.74 Å². The lowest BCUT2D eigenvalue weighted by atomic mass is 10.1. The molecule has 0 radical (unpaired) electrons. The summed E-state index contributed by atoms with van der Waals surface area (Å²) in [6.45, 7) is 17.9. The van der Waals surface area contributed by atoms with Crippen molar-refractivity contribution >= 4 is 32.4 Å². The minimum absolute atomic E-state index is 0.211. The first-order valence-corrected chi connectivity index (χ1v) is 15.6. The molecule has 11 heteroatoms. The number of halogens is 1. The van der Waals surface area contributed by atoms with Crippen LogP contribution in [0.15, 0.2) is 52.4 Å². The Labute approximate surface area is 259 Å². The molecule has 0 bridgehead atoms. The third-order valence-corrected chi connectivity index (χ3v) is 5.97. The number of nitrogens with zero attached hydrogens (tertiary/aromatic N) is 4. The molecular weight excluding hydrogens is 566 g/mol. The van der Waals surface area contributed by atoms with Crippen molar-refractivity contribution in [2.45, 2.75) is 93.2 Å². The average Bonchev–Trinajstić information content (AvgIpc) is 2.99. The van der Waals surface area contributed by atoms with Crippen LogP contribution in [0, 0.1) is 6.92 Å². The summed E-state index contributed by atoms with van der Waals surface area (Å²) in [5.41, 5.74) is 2.75. The van der Waals surface area contributed by atoms with Crippen LogP contribution in [0.4, 0.5) is 10.1 Å². The average molecular weight is 617 g/mol. The van der Waals surface area contributed by atoms with Crippen molar-refractivity contribution in [3.63, 3.8) is 0 Å². The van der Waals surface area contributed by atoms with E-state index in [0.29, 0.717) is 18.9 Å². The number of aliphatic imine (C=N–C) groups is 2. The molecule has 1 aromatic carbocycles. The first-order valence-electron chi connectivity index (χ1n) is 15.0. The molecule has 0 aliphatic carbocycles. The van der Waals surface area contributed by atoms with Gasteiger partial charge in [0.15, 0.2) is 0 Å². The second-order valence-corrected chi connectivity index (χ2v) is 10.7. The smallest absolute Gasteiger partial charge is 0.302 e. The number of alkyl halides is 1. The van der Waals surface area contributed by atoms with Crippen LogP contribution in [0.25, 0.3) is 0 Å². The van der Waals surface area contributed by atoms with Gasteiger partial charge in [-0.3, -0.25) is 14.8 Å². The third-order valence-electron chi connectivity index (χ3n) is 5.85. The maximum atomic E-state index is 13.7. The number of hydrogen-bond donors (Lipinski definition) is 2. The largest absolute Gasteiger partial charge is 0.466 e. The number of fused-ring (bicyclic) bond motifs is 1. The van der Waals surface area contributed by atoms with Gasteiger partial charge in [0.2, 0.25) is 0 Å². The Morgan fingerprint density at radius 2 is 1.79 bits per heavy atom. The number of anilines is 1. The van der Waals surface area contributed by atoms with Gasteiger partial charge < -0.3 is 20.1 Å². The van der Waals surface area contributed by atoms with Gasteiger partial charge in [-0.05, 0) is 64.8 Å². The lowest BCUT2D eigenvalue weighted by Crippen LogP contribution is -2.21. The summed E-state index contributed by atoms with van der Waals surface area (Å²) in [5.74, 6) is 1.69. The molecule has 2 aliphatic heterocycles. The molecule has 2 unspecified atom stereocenters. The van der Waals surface area contributed by atoms with Gasteiger partial charge in [-0.1, -0.05) is 42.5 Å². The maximum absolute atomic E-state index is 13.7. The fourth-order valence-corrected chi connectivity index (χ4v) is 3.95. The third kappa shape index (κ3) is 15.7. The van der Waals surface area contributed by atoms with E-state index in [0.717, 1.165) is 46.2 Å². The highest BCUT2D eigenvalue weighted by Crippen LogP contribution is 2.31. The molecule has 238 valence electrons. The van der Waals surface area contributed by atoms with Crippen molar-refractivity contribution in [2.24, 2.45) is 9.98 Å². The number of amidine groups is 1. The van der Waals surface area contributed by atoms with Crippen LogP contribution in [-0.2, 0) is 16.1 Å². The molecule has 43 heavy (non-hydrogen) atoms. The molecule has 2 aromatic rings.